The van der Waals surface area contributed by atoms with Crippen LogP contribution < -0.4 is 5.32 Å². The van der Waals surface area contributed by atoms with E-state index in [2.05, 4.69) is 39.9 Å². The van der Waals surface area contributed by atoms with Crippen LogP contribution in [0.5, 0.6) is 0 Å². The maximum Gasteiger partial charge on any atom is 0.220 e. The molecule has 0 aromatic carbocycles. The van der Waals surface area contributed by atoms with E-state index in [4.69, 9.17) is 0 Å². The molecule has 2 heteroatoms. The third-order valence-electron chi connectivity index (χ3n) is 3.74. The van der Waals surface area contributed by atoms with Gasteiger partial charge in [-0.25, -0.2) is 0 Å². The third kappa shape index (κ3) is 3.50. The van der Waals surface area contributed by atoms with Gasteiger partial charge in [0.15, 0.2) is 0 Å². The summed E-state index contributed by atoms with van der Waals surface area (Å²) in [5.74, 6) is 1.63. The molecular weight excluding hydrogens is 198 g/mol. The van der Waals surface area contributed by atoms with Crippen LogP contribution in [-0.2, 0) is 4.79 Å². The molecule has 1 saturated heterocycles. The number of carbonyl (C=O) groups excluding carboxylic acids is 1. The lowest BCUT2D eigenvalue weighted by Gasteiger charge is -2.32. The van der Waals surface area contributed by atoms with Gasteiger partial charge in [-0.3, -0.25) is 4.79 Å². The van der Waals surface area contributed by atoms with Crippen LogP contribution in [0.2, 0.25) is 0 Å². The van der Waals surface area contributed by atoms with Crippen LogP contribution in [0.15, 0.2) is 0 Å². The molecule has 0 bridgehead atoms. The summed E-state index contributed by atoms with van der Waals surface area (Å²) >= 11 is 0. The monoisotopic (exact) mass is 225 g/mol. The Kier molecular flexibility index (Phi) is 4.40. The Morgan fingerprint density at radius 3 is 2.44 bits per heavy atom. The molecule has 0 radical (unpaired) electrons. The predicted molar refractivity (Wildman–Crippen MR) is 68.2 cm³/mol. The Labute approximate surface area is 100 Å². The first-order chi connectivity index (χ1) is 7.33. The highest BCUT2D eigenvalue weighted by Crippen LogP contribution is 2.39. The summed E-state index contributed by atoms with van der Waals surface area (Å²) in [6, 6.07) is 0.388. The van der Waals surface area contributed by atoms with Crippen molar-refractivity contribution in [3.05, 3.63) is 0 Å². The van der Waals surface area contributed by atoms with E-state index in [1.165, 1.54) is 12.8 Å². The van der Waals surface area contributed by atoms with Crippen LogP contribution >= 0.6 is 0 Å². The Morgan fingerprint density at radius 2 is 1.94 bits per heavy atom. The lowest BCUT2D eigenvalue weighted by molar-refractivity contribution is -0.119. The van der Waals surface area contributed by atoms with E-state index in [1.807, 2.05) is 0 Å². The van der Waals surface area contributed by atoms with Gasteiger partial charge in [-0.05, 0) is 30.1 Å². The van der Waals surface area contributed by atoms with Crippen molar-refractivity contribution in [1.29, 1.82) is 0 Å². The van der Waals surface area contributed by atoms with Gasteiger partial charge in [-0.15, -0.1) is 0 Å². The van der Waals surface area contributed by atoms with Gasteiger partial charge in [-0.1, -0.05) is 41.0 Å². The highest BCUT2D eigenvalue weighted by atomic mass is 16.2. The molecule has 0 spiro atoms. The van der Waals surface area contributed by atoms with Crippen molar-refractivity contribution in [2.24, 2.45) is 17.3 Å². The molecule has 1 amide bonds. The van der Waals surface area contributed by atoms with Gasteiger partial charge in [0.05, 0.1) is 0 Å². The van der Waals surface area contributed by atoms with E-state index in [-0.39, 0.29) is 11.3 Å². The van der Waals surface area contributed by atoms with Gasteiger partial charge in [0, 0.05) is 12.5 Å². The molecule has 0 aromatic heterocycles. The topological polar surface area (TPSA) is 29.1 Å². The van der Waals surface area contributed by atoms with Gasteiger partial charge >= 0.3 is 0 Å². The molecule has 0 aromatic rings. The summed E-state index contributed by atoms with van der Waals surface area (Å²) in [7, 11) is 0. The van der Waals surface area contributed by atoms with Crippen molar-refractivity contribution in [2.45, 2.75) is 66.3 Å². The molecule has 2 nitrogen and oxygen atoms in total. The first kappa shape index (κ1) is 13.5. The zero-order chi connectivity index (χ0) is 12.3. The third-order valence-corrected chi connectivity index (χ3v) is 3.74. The molecule has 1 aliphatic heterocycles. The second-order valence-electron chi connectivity index (χ2n) is 6.51. The number of rotatable bonds is 5. The van der Waals surface area contributed by atoms with Gasteiger partial charge in [0.25, 0.3) is 0 Å². The first-order valence-electron chi connectivity index (χ1n) is 6.63. The molecule has 1 fully saturated rings. The average molecular weight is 225 g/mol. The van der Waals surface area contributed by atoms with Gasteiger partial charge in [0.1, 0.15) is 0 Å². The molecule has 2 atom stereocenters. The summed E-state index contributed by atoms with van der Waals surface area (Å²) in [5.41, 5.74) is 0.186. The van der Waals surface area contributed by atoms with Crippen LogP contribution in [0.1, 0.15) is 60.3 Å². The number of nitrogens with one attached hydrogen (secondary N) is 1. The zero-order valence-corrected chi connectivity index (χ0v) is 11.5. The number of hydrogen-bond acceptors (Lipinski definition) is 1. The Morgan fingerprint density at radius 1 is 1.31 bits per heavy atom. The van der Waals surface area contributed by atoms with Crippen molar-refractivity contribution in [1.82, 2.24) is 5.32 Å². The quantitative estimate of drug-likeness (QED) is 0.763. The second-order valence-corrected chi connectivity index (χ2v) is 6.51. The molecule has 1 N–H and O–H groups in total. The molecule has 94 valence electrons. The summed E-state index contributed by atoms with van der Waals surface area (Å²) in [6.07, 6.45) is 4.22. The highest BCUT2D eigenvalue weighted by molar-refractivity contribution is 5.79. The lowest BCUT2D eigenvalue weighted by Crippen LogP contribution is -2.36. The van der Waals surface area contributed by atoms with Crippen molar-refractivity contribution in [3.63, 3.8) is 0 Å². The molecule has 16 heavy (non-hydrogen) atoms. The Balaban J connectivity index is 2.62. The average Bonchev–Trinajstić information content (AvgIpc) is 2.38. The van der Waals surface area contributed by atoms with Crippen LogP contribution in [-0.4, -0.2) is 11.9 Å². The predicted octanol–water partition coefficient (Wildman–Crippen LogP) is 3.36. The Hall–Kier alpha value is -0.530. The van der Waals surface area contributed by atoms with Crippen LogP contribution in [0.25, 0.3) is 0 Å². The van der Waals surface area contributed by atoms with E-state index in [9.17, 15) is 4.79 Å². The van der Waals surface area contributed by atoms with Crippen molar-refractivity contribution in [2.75, 3.05) is 0 Å². The summed E-state index contributed by atoms with van der Waals surface area (Å²) < 4.78 is 0. The van der Waals surface area contributed by atoms with Crippen molar-refractivity contribution in [3.8, 4) is 0 Å². The molecule has 0 aliphatic carbocycles. The highest BCUT2D eigenvalue weighted by Gasteiger charge is 2.42. The fraction of sp³-hybridized carbons (Fsp3) is 0.929. The van der Waals surface area contributed by atoms with E-state index in [0.29, 0.717) is 12.0 Å². The van der Waals surface area contributed by atoms with Gasteiger partial charge in [-0.2, -0.15) is 0 Å². The van der Waals surface area contributed by atoms with Crippen LogP contribution in [0, 0.1) is 17.3 Å². The molecule has 0 saturated carbocycles. The number of carbonyl (C=O) groups is 1. The first-order valence-corrected chi connectivity index (χ1v) is 6.63. The summed E-state index contributed by atoms with van der Waals surface area (Å²) in [5, 5.41) is 3.16. The fourth-order valence-corrected chi connectivity index (χ4v) is 2.61. The standard InChI is InChI=1S/C14H27NO/c1-10(2)6-7-14(5)9-13(16)15-12(14)8-11(3)4/h10-12H,6-9H2,1-5H3,(H,15,16). The molecule has 1 aliphatic rings. The summed E-state index contributed by atoms with van der Waals surface area (Å²) in [4.78, 5) is 11.6. The molecule has 1 heterocycles. The van der Waals surface area contributed by atoms with E-state index in [0.717, 1.165) is 18.8 Å². The number of amides is 1. The Bertz CT molecular complexity index is 247. The zero-order valence-electron chi connectivity index (χ0n) is 11.5. The van der Waals surface area contributed by atoms with Gasteiger partial charge < -0.3 is 5.32 Å². The van der Waals surface area contributed by atoms with Crippen molar-refractivity contribution >= 4 is 5.91 Å². The summed E-state index contributed by atoms with van der Waals surface area (Å²) in [6.45, 7) is 11.2. The minimum atomic E-state index is 0.186. The normalized spacial score (nSPS) is 30.2. The van der Waals surface area contributed by atoms with E-state index >= 15 is 0 Å². The molecular formula is C14H27NO. The lowest BCUT2D eigenvalue weighted by atomic mass is 9.74. The van der Waals surface area contributed by atoms with E-state index < -0.39 is 0 Å². The second kappa shape index (κ2) is 5.20. The minimum Gasteiger partial charge on any atom is -0.353 e. The molecule has 2 unspecified atom stereocenters. The molecule has 1 rings (SSSR count). The van der Waals surface area contributed by atoms with Crippen molar-refractivity contribution < 1.29 is 4.79 Å². The number of hydrogen-bond donors (Lipinski definition) is 1. The van der Waals surface area contributed by atoms with E-state index in [1.54, 1.807) is 0 Å². The maximum absolute atomic E-state index is 11.6. The SMILES string of the molecule is CC(C)CCC1(C)CC(=O)NC1CC(C)C. The smallest absolute Gasteiger partial charge is 0.220 e. The fourth-order valence-electron chi connectivity index (χ4n) is 2.61. The van der Waals surface area contributed by atoms with Gasteiger partial charge in [0.2, 0.25) is 5.91 Å². The van der Waals surface area contributed by atoms with Crippen LogP contribution in [0.3, 0.4) is 0 Å². The largest absolute Gasteiger partial charge is 0.353 e. The minimum absolute atomic E-state index is 0.186. The van der Waals surface area contributed by atoms with Crippen LogP contribution in [0.4, 0.5) is 0 Å². The maximum atomic E-state index is 11.6.